The van der Waals surface area contributed by atoms with Crippen molar-refractivity contribution in [2.45, 2.75) is 6.04 Å². The van der Waals surface area contributed by atoms with Crippen LogP contribution in [-0.2, 0) is 7.05 Å². The fraction of sp³-hybridized carbons (Fsp3) is 0.385. The normalized spacial score (nSPS) is 15.5. The van der Waals surface area contributed by atoms with E-state index in [4.69, 9.17) is 4.74 Å². The summed E-state index contributed by atoms with van der Waals surface area (Å²) in [5, 5.41) is 3.58. The summed E-state index contributed by atoms with van der Waals surface area (Å²) in [6.07, 6.45) is 0. The van der Waals surface area contributed by atoms with Crippen molar-refractivity contribution in [1.29, 1.82) is 0 Å². The zero-order valence-corrected chi connectivity index (χ0v) is 10.8. The van der Waals surface area contributed by atoms with E-state index < -0.39 is 0 Å². The predicted molar refractivity (Wildman–Crippen MR) is 71.9 cm³/mol. The predicted octanol–water partition coefficient (Wildman–Crippen LogP) is -0.147. The Kier molecular flexibility index (Phi) is 2.67. The fourth-order valence-corrected chi connectivity index (χ4v) is 2.37. The maximum Gasteiger partial charge on any atom is 0.331 e. The molecule has 1 N–H and O–H groups in total. The number of fused-ring (bicyclic) bond motifs is 1. The van der Waals surface area contributed by atoms with E-state index in [1.807, 2.05) is 0 Å². The first-order valence-corrected chi connectivity index (χ1v) is 6.13. The topological polar surface area (TPSA) is 65.3 Å². The third-order valence-electron chi connectivity index (χ3n) is 3.63. The van der Waals surface area contributed by atoms with Crippen LogP contribution >= 0.6 is 0 Å². The fourth-order valence-electron chi connectivity index (χ4n) is 2.37. The number of aryl methyl sites for hydroxylation is 1. The molecule has 0 saturated carbocycles. The summed E-state index contributed by atoms with van der Waals surface area (Å²) < 4.78 is 7.98. The van der Waals surface area contributed by atoms with Crippen molar-refractivity contribution in [2.24, 2.45) is 7.05 Å². The van der Waals surface area contributed by atoms with Gasteiger partial charge in [0.1, 0.15) is 5.75 Å². The smallest absolute Gasteiger partial charge is 0.331 e. The van der Waals surface area contributed by atoms with Crippen LogP contribution in [0.2, 0.25) is 0 Å². The number of ether oxygens (including phenoxy) is 1. The van der Waals surface area contributed by atoms with E-state index >= 15 is 0 Å². The van der Waals surface area contributed by atoms with Gasteiger partial charge in [-0.2, -0.15) is 0 Å². The summed E-state index contributed by atoms with van der Waals surface area (Å²) in [6, 6.07) is 5.11. The maximum absolute atomic E-state index is 12.5. The molecule has 0 radical (unpaired) electrons. The molecule has 3 rings (SSSR count). The van der Waals surface area contributed by atoms with Crippen LogP contribution in [-0.4, -0.2) is 29.3 Å². The van der Waals surface area contributed by atoms with Gasteiger partial charge in [0.05, 0.1) is 24.1 Å². The van der Waals surface area contributed by atoms with Crippen molar-refractivity contribution in [3.63, 3.8) is 0 Å². The summed E-state index contributed by atoms with van der Waals surface area (Å²) in [7, 11) is 3.23. The number of nitrogens with zero attached hydrogens (tertiary/aromatic N) is 2. The van der Waals surface area contributed by atoms with E-state index in [-0.39, 0.29) is 17.3 Å². The number of benzene rings is 1. The summed E-state index contributed by atoms with van der Waals surface area (Å²) in [5.74, 6) is 0.613. The van der Waals surface area contributed by atoms with Crippen molar-refractivity contribution in [1.82, 2.24) is 14.5 Å². The Balaban J connectivity index is 2.38. The number of methoxy groups -OCH3 is 1. The van der Waals surface area contributed by atoms with E-state index in [1.165, 1.54) is 9.13 Å². The van der Waals surface area contributed by atoms with E-state index in [9.17, 15) is 9.59 Å². The van der Waals surface area contributed by atoms with Gasteiger partial charge in [0.25, 0.3) is 5.56 Å². The third-order valence-corrected chi connectivity index (χ3v) is 3.63. The molecule has 1 aliphatic heterocycles. The van der Waals surface area contributed by atoms with Gasteiger partial charge in [0, 0.05) is 20.1 Å². The molecule has 2 aromatic rings. The summed E-state index contributed by atoms with van der Waals surface area (Å²) in [4.78, 5) is 24.7. The van der Waals surface area contributed by atoms with E-state index in [2.05, 4.69) is 5.32 Å². The molecule has 100 valence electrons. The molecule has 1 saturated heterocycles. The molecule has 2 heterocycles. The molecule has 0 unspecified atom stereocenters. The molecule has 0 spiro atoms. The average Bonchev–Trinajstić information content (AvgIpc) is 2.38. The van der Waals surface area contributed by atoms with Gasteiger partial charge in [0.15, 0.2) is 0 Å². The molecule has 19 heavy (non-hydrogen) atoms. The summed E-state index contributed by atoms with van der Waals surface area (Å²) >= 11 is 0. The molecular weight excluding hydrogens is 246 g/mol. The van der Waals surface area contributed by atoms with Crippen molar-refractivity contribution in [3.05, 3.63) is 39.0 Å². The largest absolute Gasteiger partial charge is 0.497 e. The van der Waals surface area contributed by atoms with Gasteiger partial charge in [-0.3, -0.25) is 13.9 Å². The van der Waals surface area contributed by atoms with Crippen molar-refractivity contribution in [3.8, 4) is 5.75 Å². The SMILES string of the molecule is COc1ccc2c(c1)c(=O)n(C1CNC1)c(=O)n2C. The number of rotatable bonds is 2. The first-order chi connectivity index (χ1) is 9.13. The van der Waals surface area contributed by atoms with Crippen LogP contribution in [0.5, 0.6) is 5.75 Å². The molecule has 0 amide bonds. The van der Waals surface area contributed by atoms with Crippen molar-refractivity contribution in [2.75, 3.05) is 20.2 Å². The zero-order chi connectivity index (χ0) is 13.6. The van der Waals surface area contributed by atoms with E-state index in [0.717, 1.165) is 0 Å². The first-order valence-electron chi connectivity index (χ1n) is 6.13. The highest BCUT2D eigenvalue weighted by Crippen LogP contribution is 2.17. The second kappa shape index (κ2) is 4.24. The summed E-state index contributed by atoms with van der Waals surface area (Å²) in [5.41, 5.74) is 0.108. The van der Waals surface area contributed by atoms with Crippen LogP contribution in [0.4, 0.5) is 0 Å². The monoisotopic (exact) mass is 261 g/mol. The number of hydrogen-bond acceptors (Lipinski definition) is 4. The highest BCUT2D eigenvalue weighted by Gasteiger charge is 2.24. The van der Waals surface area contributed by atoms with Gasteiger partial charge in [-0.05, 0) is 18.2 Å². The Morgan fingerprint density at radius 1 is 1.32 bits per heavy atom. The average molecular weight is 261 g/mol. The minimum Gasteiger partial charge on any atom is -0.497 e. The van der Waals surface area contributed by atoms with Gasteiger partial charge >= 0.3 is 5.69 Å². The lowest BCUT2D eigenvalue weighted by atomic mass is 10.1. The van der Waals surface area contributed by atoms with Crippen LogP contribution in [0.15, 0.2) is 27.8 Å². The highest BCUT2D eigenvalue weighted by molar-refractivity contribution is 5.79. The lowest BCUT2D eigenvalue weighted by Gasteiger charge is -2.28. The number of aromatic nitrogens is 2. The van der Waals surface area contributed by atoms with E-state index in [1.54, 1.807) is 32.4 Å². The Hall–Kier alpha value is -2.08. The lowest BCUT2D eigenvalue weighted by molar-refractivity contribution is 0.323. The quantitative estimate of drug-likeness (QED) is 0.816. The second-order valence-electron chi connectivity index (χ2n) is 4.71. The van der Waals surface area contributed by atoms with Crippen LogP contribution in [0.25, 0.3) is 10.9 Å². The minimum absolute atomic E-state index is 0.0539. The standard InChI is InChI=1S/C13H15N3O3/c1-15-11-4-3-9(19-2)5-10(11)12(17)16(13(15)18)8-6-14-7-8/h3-5,8,14H,6-7H2,1-2H3. The van der Waals surface area contributed by atoms with Gasteiger partial charge < -0.3 is 10.1 Å². The first kappa shape index (κ1) is 12.0. The minimum atomic E-state index is -0.269. The van der Waals surface area contributed by atoms with Crippen LogP contribution in [0, 0.1) is 0 Å². The van der Waals surface area contributed by atoms with Gasteiger partial charge in [-0.15, -0.1) is 0 Å². The van der Waals surface area contributed by atoms with Gasteiger partial charge in [0.2, 0.25) is 0 Å². The van der Waals surface area contributed by atoms with Crippen molar-refractivity contribution >= 4 is 10.9 Å². The molecule has 0 atom stereocenters. The number of nitrogens with one attached hydrogen (secondary N) is 1. The molecule has 1 fully saturated rings. The zero-order valence-electron chi connectivity index (χ0n) is 10.8. The molecule has 1 aromatic heterocycles. The van der Waals surface area contributed by atoms with Crippen molar-refractivity contribution < 1.29 is 4.74 Å². The van der Waals surface area contributed by atoms with Crippen LogP contribution < -0.4 is 21.3 Å². The molecule has 6 nitrogen and oxygen atoms in total. The number of hydrogen-bond donors (Lipinski definition) is 1. The molecule has 1 aliphatic rings. The van der Waals surface area contributed by atoms with Gasteiger partial charge in [-0.1, -0.05) is 0 Å². The van der Waals surface area contributed by atoms with Gasteiger partial charge in [-0.25, -0.2) is 4.79 Å². The molecule has 0 aliphatic carbocycles. The Bertz CT molecular complexity index is 756. The molecular formula is C13H15N3O3. The molecule has 1 aromatic carbocycles. The Labute approximate surface area is 109 Å². The van der Waals surface area contributed by atoms with E-state index in [0.29, 0.717) is 29.7 Å². The lowest BCUT2D eigenvalue weighted by Crippen LogP contribution is -2.53. The molecule has 6 heteroatoms. The third kappa shape index (κ3) is 1.67. The molecule has 0 bridgehead atoms. The highest BCUT2D eigenvalue weighted by atomic mass is 16.5. The Morgan fingerprint density at radius 2 is 2.05 bits per heavy atom. The maximum atomic E-state index is 12.5. The summed E-state index contributed by atoms with van der Waals surface area (Å²) in [6.45, 7) is 1.31. The Morgan fingerprint density at radius 3 is 2.63 bits per heavy atom. The van der Waals surface area contributed by atoms with Crippen LogP contribution in [0.3, 0.4) is 0 Å². The second-order valence-corrected chi connectivity index (χ2v) is 4.71. The van der Waals surface area contributed by atoms with Crippen LogP contribution in [0.1, 0.15) is 6.04 Å².